The second-order valence-electron chi connectivity index (χ2n) is 6.65. The van der Waals surface area contributed by atoms with Gasteiger partial charge in [0, 0.05) is 29.2 Å². The predicted molar refractivity (Wildman–Crippen MR) is 108 cm³/mol. The van der Waals surface area contributed by atoms with Crippen molar-refractivity contribution in [1.29, 1.82) is 0 Å². The van der Waals surface area contributed by atoms with E-state index in [1.807, 2.05) is 43.5 Å². The van der Waals surface area contributed by atoms with Crippen molar-refractivity contribution in [2.45, 2.75) is 26.8 Å². The Bertz CT molecular complexity index is 1190. The van der Waals surface area contributed by atoms with E-state index >= 15 is 0 Å². The molecule has 2 amide bonds. The third-order valence-electron chi connectivity index (χ3n) is 4.86. The van der Waals surface area contributed by atoms with Gasteiger partial charge in [0.1, 0.15) is 5.82 Å². The van der Waals surface area contributed by atoms with Crippen LogP contribution in [0.15, 0.2) is 48.7 Å². The molecule has 4 rings (SSSR count). The summed E-state index contributed by atoms with van der Waals surface area (Å²) in [5.74, 6) is 0.241. The lowest BCUT2D eigenvalue weighted by atomic mass is 10.1. The number of amides is 2. The highest BCUT2D eigenvalue weighted by Gasteiger charge is 2.13. The Kier molecular flexibility index (Phi) is 4.57. The van der Waals surface area contributed by atoms with Gasteiger partial charge in [-0.1, -0.05) is 18.2 Å². The molecule has 0 aliphatic heterocycles. The van der Waals surface area contributed by atoms with Gasteiger partial charge in [0.05, 0.1) is 17.5 Å². The zero-order valence-corrected chi connectivity index (χ0v) is 15.7. The number of para-hydroxylation sites is 1. The van der Waals surface area contributed by atoms with Gasteiger partial charge in [0.15, 0.2) is 0 Å². The zero-order chi connectivity index (χ0) is 19.7. The van der Waals surface area contributed by atoms with E-state index in [2.05, 4.69) is 32.3 Å². The average molecular weight is 375 g/mol. The molecule has 0 saturated carbocycles. The second-order valence-corrected chi connectivity index (χ2v) is 6.65. The molecule has 28 heavy (non-hydrogen) atoms. The fraction of sp³-hybridized carbons (Fsp3) is 0.190. The van der Waals surface area contributed by atoms with Crippen LogP contribution in [0, 0.1) is 6.92 Å². The summed E-state index contributed by atoms with van der Waals surface area (Å²) in [6, 6.07) is 13.1. The monoisotopic (exact) mass is 375 g/mol. The van der Waals surface area contributed by atoms with Gasteiger partial charge in [-0.2, -0.15) is 0 Å². The van der Waals surface area contributed by atoms with Crippen LogP contribution in [0.5, 0.6) is 0 Å². The van der Waals surface area contributed by atoms with Crippen molar-refractivity contribution in [1.82, 2.24) is 25.4 Å². The molecule has 0 saturated heterocycles. The Labute approximate surface area is 161 Å². The van der Waals surface area contributed by atoms with E-state index < -0.39 is 0 Å². The van der Waals surface area contributed by atoms with Crippen molar-refractivity contribution in [2.75, 3.05) is 0 Å². The third-order valence-corrected chi connectivity index (χ3v) is 4.86. The lowest BCUT2D eigenvalue weighted by Crippen LogP contribution is -2.42. The summed E-state index contributed by atoms with van der Waals surface area (Å²) in [6.07, 6.45) is 1.98. The van der Waals surface area contributed by atoms with E-state index in [9.17, 15) is 9.59 Å². The van der Waals surface area contributed by atoms with E-state index in [1.54, 1.807) is 12.1 Å². The van der Waals surface area contributed by atoms with Gasteiger partial charge >= 0.3 is 0 Å². The second kappa shape index (κ2) is 7.19. The van der Waals surface area contributed by atoms with Gasteiger partial charge in [-0.05, 0) is 43.7 Å². The van der Waals surface area contributed by atoms with Crippen LogP contribution in [0.1, 0.15) is 28.7 Å². The van der Waals surface area contributed by atoms with Crippen LogP contribution >= 0.6 is 0 Å². The van der Waals surface area contributed by atoms with Gasteiger partial charge in [-0.15, -0.1) is 0 Å². The number of aromatic amines is 1. The first-order valence-corrected chi connectivity index (χ1v) is 9.18. The predicted octanol–water partition coefficient (Wildman–Crippen LogP) is 2.85. The van der Waals surface area contributed by atoms with Gasteiger partial charge in [0.25, 0.3) is 5.91 Å². The van der Waals surface area contributed by atoms with Crippen LogP contribution < -0.4 is 10.9 Å². The number of carbonyl (C=O) groups is 2. The van der Waals surface area contributed by atoms with Crippen molar-refractivity contribution in [3.63, 3.8) is 0 Å². The Balaban J connectivity index is 1.42. The maximum absolute atomic E-state index is 12.4. The standard InChI is InChI=1S/C21H21N5O2/c1-3-26-13(2)23-18-10-14(8-9-19(18)26)21(28)25-24-20(27)11-15-12-22-17-7-5-4-6-16(15)17/h4-10,12,22H,3,11H2,1-2H3,(H,24,27)(H,25,28). The maximum Gasteiger partial charge on any atom is 0.269 e. The molecule has 0 radical (unpaired) electrons. The highest BCUT2D eigenvalue weighted by Crippen LogP contribution is 2.19. The lowest BCUT2D eigenvalue weighted by molar-refractivity contribution is -0.121. The van der Waals surface area contributed by atoms with Crippen LogP contribution in [0.25, 0.3) is 21.9 Å². The van der Waals surface area contributed by atoms with E-state index in [0.717, 1.165) is 39.9 Å². The minimum atomic E-state index is -0.377. The number of hydrogen-bond acceptors (Lipinski definition) is 3. The Morgan fingerprint density at radius 2 is 1.96 bits per heavy atom. The number of hydrogen-bond donors (Lipinski definition) is 3. The molecule has 0 atom stereocenters. The van der Waals surface area contributed by atoms with Crippen LogP contribution in [0.4, 0.5) is 0 Å². The molecular formula is C21H21N5O2. The largest absolute Gasteiger partial charge is 0.361 e. The summed E-state index contributed by atoms with van der Waals surface area (Å²) in [4.78, 5) is 32.3. The molecule has 142 valence electrons. The Morgan fingerprint density at radius 1 is 1.14 bits per heavy atom. The summed E-state index contributed by atoms with van der Waals surface area (Å²) in [5, 5.41) is 0.997. The van der Waals surface area contributed by atoms with Crippen molar-refractivity contribution in [2.24, 2.45) is 0 Å². The van der Waals surface area contributed by atoms with Crippen LogP contribution in [-0.2, 0) is 17.8 Å². The summed E-state index contributed by atoms with van der Waals surface area (Å²) < 4.78 is 2.08. The first-order valence-electron chi connectivity index (χ1n) is 9.18. The first-order chi connectivity index (χ1) is 13.6. The van der Waals surface area contributed by atoms with Gasteiger partial charge < -0.3 is 9.55 Å². The number of benzene rings is 2. The zero-order valence-electron chi connectivity index (χ0n) is 15.7. The number of imidazole rings is 1. The molecule has 7 heteroatoms. The fourth-order valence-electron chi connectivity index (χ4n) is 3.48. The van der Waals surface area contributed by atoms with Crippen molar-refractivity contribution in [3.05, 3.63) is 65.6 Å². The highest BCUT2D eigenvalue weighted by atomic mass is 16.2. The third kappa shape index (κ3) is 3.22. The van der Waals surface area contributed by atoms with E-state index in [4.69, 9.17) is 0 Å². The van der Waals surface area contributed by atoms with Gasteiger partial charge in [-0.3, -0.25) is 20.4 Å². The molecule has 2 aromatic heterocycles. The van der Waals surface area contributed by atoms with Crippen molar-refractivity contribution >= 4 is 33.8 Å². The molecule has 4 aromatic rings. The van der Waals surface area contributed by atoms with Gasteiger partial charge in [-0.25, -0.2) is 4.98 Å². The minimum absolute atomic E-state index is 0.170. The summed E-state index contributed by atoms with van der Waals surface area (Å²) in [5.41, 5.74) is 9.01. The number of carbonyl (C=O) groups excluding carboxylic acids is 2. The Morgan fingerprint density at radius 3 is 2.79 bits per heavy atom. The fourth-order valence-corrected chi connectivity index (χ4v) is 3.48. The molecule has 0 aliphatic rings. The molecule has 0 aliphatic carbocycles. The number of hydrazine groups is 1. The summed E-state index contributed by atoms with van der Waals surface area (Å²) >= 11 is 0. The smallest absolute Gasteiger partial charge is 0.269 e. The number of nitrogens with one attached hydrogen (secondary N) is 3. The molecule has 2 aromatic carbocycles. The number of aryl methyl sites for hydroxylation is 2. The topological polar surface area (TPSA) is 91.8 Å². The van der Waals surface area contributed by atoms with Crippen LogP contribution in [-0.4, -0.2) is 26.3 Å². The van der Waals surface area contributed by atoms with E-state index in [1.165, 1.54) is 0 Å². The number of rotatable bonds is 4. The lowest BCUT2D eigenvalue weighted by Gasteiger charge is -2.07. The van der Waals surface area contributed by atoms with Crippen molar-refractivity contribution in [3.8, 4) is 0 Å². The molecule has 0 spiro atoms. The molecule has 7 nitrogen and oxygen atoms in total. The van der Waals surface area contributed by atoms with Crippen molar-refractivity contribution < 1.29 is 9.59 Å². The average Bonchev–Trinajstić information content (AvgIpc) is 3.25. The molecule has 3 N–H and O–H groups in total. The van der Waals surface area contributed by atoms with E-state index in [0.29, 0.717) is 5.56 Å². The Hall–Kier alpha value is -3.61. The molecule has 0 bridgehead atoms. The summed E-state index contributed by atoms with van der Waals surface area (Å²) in [7, 11) is 0. The number of aromatic nitrogens is 3. The number of H-pyrrole nitrogens is 1. The first kappa shape index (κ1) is 17.8. The normalized spacial score (nSPS) is 11.1. The summed E-state index contributed by atoms with van der Waals surface area (Å²) in [6.45, 7) is 4.81. The van der Waals surface area contributed by atoms with Gasteiger partial charge in [0.2, 0.25) is 5.91 Å². The minimum Gasteiger partial charge on any atom is -0.361 e. The number of nitrogens with zero attached hydrogens (tertiary/aromatic N) is 2. The van der Waals surface area contributed by atoms with E-state index in [-0.39, 0.29) is 18.2 Å². The molecule has 0 unspecified atom stereocenters. The quantitative estimate of drug-likeness (QED) is 0.479. The SMILES string of the molecule is CCn1c(C)nc2cc(C(=O)NNC(=O)Cc3c[nH]c4ccccc34)ccc21. The van der Waals surface area contributed by atoms with Crippen LogP contribution in [0.2, 0.25) is 0 Å². The molecular weight excluding hydrogens is 354 g/mol. The van der Waals surface area contributed by atoms with Crippen LogP contribution in [0.3, 0.4) is 0 Å². The molecule has 2 heterocycles. The highest BCUT2D eigenvalue weighted by molar-refractivity contribution is 5.98. The number of fused-ring (bicyclic) bond motifs is 2. The maximum atomic E-state index is 12.4. The molecule has 0 fully saturated rings.